The van der Waals surface area contributed by atoms with Gasteiger partial charge in [0.25, 0.3) is 0 Å². The van der Waals surface area contributed by atoms with E-state index in [9.17, 15) is 9.59 Å². The van der Waals surface area contributed by atoms with Crippen molar-refractivity contribution in [1.29, 1.82) is 0 Å². The molecule has 0 saturated heterocycles. The van der Waals surface area contributed by atoms with E-state index in [-0.39, 0.29) is 22.6 Å². The number of halogens is 8. The zero-order valence-corrected chi connectivity index (χ0v) is 38.2. The largest absolute Gasteiger partial charge is 0.451 e. The second kappa shape index (κ2) is 20.0. The highest BCUT2D eigenvalue weighted by Crippen LogP contribution is 2.49. The van der Waals surface area contributed by atoms with E-state index in [1.54, 1.807) is 48.5 Å². The van der Waals surface area contributed by atoms with Crippen LogP contribution in [0.2, 0.25) is 0 Å². The van der Waals surface area contributed by atoms with E-state index >= 15 is 35.1 Å². The van der Waals surface area contributed by atoms with Crippen LogP contribution in [0, 0.1) is 46.5 Å². The standard InChI is InChI=1S/C56H46F8O6/c1-31(2)53(65)69-39-23-15-35(16-24-39)55(27-7-5-8-28-55)33-11-19-37(20-12-33)67-51-47(61)43(57)41(44(58)48(51)62)42-45(59)49(63)52(50(64)46(42)60)68-38-21-13-34(14-22-38)56(29-9-6-10-30-56)36-17-25-40(26-18-36)70-54(66)32(3)4/h11-26H,1,3,5-10,27-30H2,2,4H3. The minimum atomic E-state index is -2.39. The van der Waals surface area contributed by atoms with Crippen molar-refractivity contribution in [3.8, 4) is 45.6 Å². The Hall–Kier alpha value is -7.22. The lowest BCUT2D eigenvalue weighted by atomic mass is 9.65. The molecule has 6 aromatic carbocycles. The van der Waals surface area contributed by atoms with Gasteiger partial charge < -0.3 is 18.9 Å². The zero-order valence-electron chi connectivity index (χ0n) is 38.2. The topological polar surface area (TPSA) is 71.1 Å². The summed E-state index contributed by atoms with van der Waals surface area (Å²) >= 11 is 0. The van der Waals surface area contributed by atoms with Crippen molar-refractivity contribution in [2.75, 3.05) is 0 Å². The summed E-state index contributed by atoms with van der Waals surface area (Å²) in [5, 5.41) is 0. The Kier molecular flexibility index (Phi) is 14.1. The minimum Gasteiger partial charge on any atom is -0.451 e. The normalized spacial score (nSPS) is 15.2. The maximum absolute atomic E-state index is 15.8. The van der Waals surface area contributed by atoms with Crippen molar-refractivity contribution in [2.45, 2.75) is 88.9 Å². The van der Waals surface area contributed by atoms with Crippen LogP contribution in [0.5, 0.6) is 34.5 Å². The third-order valence-electron chi connectivity index (χ3n) is 13.3. The lowest BCUT2D eigenvalue weighted by molar-refractivity contribution is -0.130. The Balaban J connectivity index is 1.03. The molecule has 0 unspecified atom stereocenters. The van der Waals surface area contributed by atoms with E-state index in [0.717, 1.165) is 86.5 Å². The number of rotatable bonds is 13. The second-order valence-corrected chi connectivity index (χ2v) is 17.8. The average molecular weight is 967 g/mol. The Morgan fingerprint density at radius 2 is 0.629 bits per heavy atom. The van der Waals surface area contributed by atoms with Crippen molar-refractivity contribution >= 4 is 11.9 Å². The van der Waals surface area contributed by atoms with Gasteiger partial charge >= 0.3 is 11.9 Å². The van der Waals surface area contributed by atoms with Crippen LogP contribution in [0.1, 0.15) is 100 Å². The molecule has 0 heterocycles. The van der Waals surface area contributed by atoms with E-state index < -0.39 is 91.9 Å². The van der Waals surface area contributed by atoms with Gasteiger partial charge in [-0.3, -0.25) is 0 Å². The first-order chi connectivity index (χ1) is 33.4. The Morgan fingerprint density at radius 3 is 0.871 bits per heavy atom. The Bertz CT molecular complexity index is 2730. The van der Waals surface area contributed by atoms with Crippen LogP contribution >= 0.6 is 0 Å². The number of hydrogen-bond donors (Lipinski definition) is 0. The molecular weight excluding hydrogens is 921 g/mol. The van der Waals surface area contributed by atoms with Gasteiger partial charge in [0.1, 0.15) is 23.0 Å². The van der Waals surface area contributed by atoms with Crippen LogP contribution in [0.3, 0.4) is 0 Å². The fourth-order valence-corrected chi connectivity index (χ4v) is 9.63. The second-order valence-electron chi connectivity index (χ2n) is 17.8. The predicted molar refractivity (Wildman–Crippen MR) is 246 cm³/mol. The molecule has 0 bridgehead atoms. The SMILES string of the molecule is C=C(C)C(=O)Oc1ccc(C2(c3ccc(Oc4c(F)c(F)c(-c5c(F)c(F)c(Oc6ccc(C7(c8ccc(OC(=O)C(=C)C)cc8)CCCCC7)cc6)c(F)c5F)c(F)c4F)cc3)CCCCC2)cc1. The monoisotopic (exact) mass is 966 g/mol. The number of ether oxygens (including phenoxy) is 4. The summed E-state index contributed by atoms with van der Waals surface area (Å²) in [5.41, 5.74) is -1.30. The van der Waals surface area contributed by atoms with Crippen LogP contribution < -0.4 is 18.9 Å². The lowest BCUT2D eigenvalue weighted by Gasteiger charge is -2.38. The number of carbonyl (C=O) groups excluding carboxylic acids is 2. The third kappa shape index (κ3) is 9.31. The van der Waals surface area contributed by atoms with Crippen LogP contribution in [0.4, 0.5) is 35.1 Å². The van der Waals surface area contributed by atoms with Gasteiger partial charge in [0.15, 0.2) is 23.3 Å². The van der Waals surface area contributed by atoms with Gasteiger partial charge in [-0.25, -0.2) is 27.2 Å². The molecule has 0 amide bonds. The third-order valence-corrected chi connectivity index (χ3v) is 13.3. The number of hydrogen-bond acceptors (Lipinski definition) is 6. The van der Waals surface area contributed by atoms with E-state index in [1.807, 2.05) is 24.3 Å². The summed E-state index contributed by atoms with van der Waals surface area (Å²) in [5.74, 6) is -22.7. The lowest BCUT2D eigenvalue weighted by Crippen LogP contribution is -2.30. The van der Waals surface area contributed by atoms with Crippen molar-refractivity contribution in [2.24, 2.45) is 0 Å². The molecule has 8 rings (SSSR count). The average Bonchev–Trinajstić information content (AvgIpc) is 3.37. The Morgan fingerprint density at radius 1 is 0.386 bits per heavy atom. The molecule has 0 atom stereocenters. The summed E-state index contributed by atoms with van der Waals surface area (Å²) in [4.78, 5) is 24.1. The molecule has 2 aliphatic carbocycles. The van der Waals surface area contributed by atoms with Gasteiger partial charge in [0.05, 0.1) is 11.1 Å². The van der Waals surface area contributed by atoms with E-state index in [2.05, 4.69) is 13.2 Å². The van der Waals surface area contributed by atoms with Crippen LogP contribution in [-0.4, -0.2) is 11.9 Å². The summed E-state index contributed by atoms with van der Waals surface area (Å²) in [6.45, 7) is 10.2. The summed E-state index contributed by atoms with van der Waals surface area (Å²) < 4.78 is 147. The fourth-order valence-electron chi connectivity index (χ4n) is 9.63. The van der Waals surface area contributed by atoms with Gasteiger partial charge in [-0.05, 0) is 110 Å². The number of benzene rings is 6. The highest BCUT2D eigenvalue weighted by atomic mass is 19.2. The quantitative estimate of drug-likeness (QED) is 0.0378. The first-order valence-electron chi connectivity index (χ1n) is 22.7. The first kappa shape index (κ1) is 49.2. The van der Waals surface area contributed by atoms with Crippen molar-refractivity contribution < 1.29 is 63.7 Å². The minimum absolute atomic E-state index is 0.233. The van der Waals surface area contributed by atoms with Gasteiger partial charge in [0.2, 0.25) is 34.8 Å². The van der Waals surface area contributed by atoms with Crippen LogP contribution in [-0.2, 0) is 20.4 Å². The van der Waals surface area contributed by atoms with Crippen molar-refractivity contribution in [3.05, 3.63) is 190 Å². The molecule has 2 aliphatic rings. The summed E-state index contributed by atoms with van der Waals surface area (Å²) in [6.07, 6.45) is 8.40. The molecule has 2 saturated carbocycles. The Labute approximate surface area is 399 Å². The molecule has 0 radical (unpaired) electrons. The number of carbonyl (C=O) groups is 2. The molecule has 70 heavy (non-hydrogen) atoms. The molecular formula is C56H46F8O6. The molecule has 0 spiro atoms. The molecule has 6 nitrogen and oxygen atoms in total. The van der Waals surface area contributed by atoms with Gasteiger partial charge in [-0.1, -0.05) is 100 Å². The molecule has 14 heteroatoms. The van der Waals surface area contributed by atoms with E-state index in [4.69, 9.17) is 18.9 Å². The van der Waals surface area contributed by atoms with Crippen molar-refractivity contribution in [3.63, 3.8) is 0 Å². The fraction of sp³-hybridized carbons (Fsp3) is 0.250. The molecule has 6 aromatic rings. The van der Waals surface area contributed by atoms with Gasteiger partial charge in [-0.2, -0.15) is 17.6 Å². The molecule has 0 aliphatic heterocycles. The highest BCUT2D eigenvalue weighted by molar-refractivity contribution is 5.89. The van der Waals surface area contributed by atoms with Crippen LogP contribution in [0.15, 0.2) is 121 Å². The van der Waals surface area contributed by atoms with Gasteiger partial charge in [-0.15, -0.1) is 0 Å². The zero-order chi connectivity index (χ0) is 50.1. The van der Waals surface area contributed by atoms with Crippen LogP contribution in [0.25, 0.3) is 11.1 Å². The smallest absolute Gasteiger partial charge is 0.338 e. The summed E-state index contributed by atoms with van der Waals surface area (Å²) in [6, 6.07) is 25.8. The maximum Gasteiger partial charge on any atom is 0.338 e. The predicted octanol–water partition coefficient (Wildman–Crippen LogP) is 15.5. The van der Waals surface area contributed by atoms with E-state index in [1.165, 1.54) is 38.1 Å². The molecule has 2 fully saturated rings. The molecule has 0 aromatic heterocycles. The number of esters is 2. The first-order valence-corrected chi connectivity index (χ1v) is 22.7. The maximum atomic E-state index is 15.8. The molecule has 0 N–H and O–H groups in total. The van der Waals surface area contributed by atoms with Gasteiger partial charge in [0, 0.05) is 22.0 Å². The summed E-state index contributed by atoms with van der Waals surface area (Å²) in [7, 11) is 0. The highest BCUT2D eigenvalue weighted by Gasteiger charge is 2.39. The molecule has 362 valence electrons. The van der Waals surface area contributed by atoms with Crippen molar-refractivity contribution in [1.82, 2.24) is 0 Å². The van der Waals surface area contributed by atoms with E-state index in [0.29, 0.717) is 11.5 Å².